The van der Waals surface area contributed by atoms with Crippen LogP contribution in [0.4, 0.5) is 0 Å². The quantitative estimate of drug-likeness (QED) is 0.427. The highest BCUT2D eigenvalue weighted by Crippen LogP contribution is 2.14. The van der Waals surface area contributed by atoms with Crippen LogP contribution in [0.25, 0.3) is 0 Å². The molecular weight excluding hydrogens is 340 g/mol. The molecule has 8 heteroatoms. The highest BCUT2D eigenvalue weighted by molar-refractivity contribution is 7.98. The molecule has 2 aromatic heterocycles. The van der Waals surface area contributed by atoms with Crippen molar-refractivity contribution in [3.8, 4) is 0 Å². The SMILES string of the molecule is CSCCCNC(=NCc1nnc(C)n1C)NCc1ccc(C)s1. The van der Waals surface area contributed by atoms with E-state index in [-0.39, 0.29) is 0 Å². The first-order valence-electron chi connectivity index (χ1n) is 8.01. The standard InChI is InChI=1S/C16H26N6S2/c1-12-6-7-14(24-12)10-18-16(17-8-5-9-23-4)19-11-15-21-20-13(2)22(15)3/h6-7H,5,8-11H2,1-4H3,(H2,17,18,19). The van der Waals surface area contributed by atoms with Gasteiger partial charge >= 0.3 is 0 Å². The number of thiophene rings is 1. The zero-order valence-electron chi connectivity index (χ0n) is 14.8. The molecule has 2 rings (SSSR count). The third-order valence-electron chi connectivity index (χ3n) is 3.61. The van der Waals surface area contributed by atoms with Crippen molar-refractivity contribution in [1.29, 1.82) is 0 Å². The van der Waals surface area contributed by atoms with Crippen LogP contribution < -0.4 is 10.6 Å². The Morgan fingerprint density at radius 3 is 2.75 bits per heavy atom. The molecule has 0 atom stereocenters. The molecule has 0 saturated carbocycles. The van der Waals surface area contributed by atoms with Gasteiger partial charge in [0.2, 0.25) is 0 Å². The highest BCUT2D eigenvalue weighted by Gasteiger charge is 2.05. The Hall–Kier alpha value is -1.54. The average molecular weight is 367 g/mol. The second-order valence-electron chi connectivity index (χ2n) is 5.53. The van der Waals surface area contributed by atoms with Crippen LogP contribution in [-0.2, 0) is 20.1 Å². The molecule has 24 heavy (non-hydrogen) atoms. The van der Waals surface area contributed by atoms with Gasteiger partial charge in [0.25, 0.3) is 0 Å². The van der Waals surface area contributed by atoms with Gasteiger partial charge in [0.15, 0.2) is 11.8 Å². The van der Waals surface area contributed by atoms with E-state index in [2.05, 4.69) is 51.1 Å². The number of nitrogens with zero attached hydrogens (tertiary/aromatic N) is 4. The monoisotopic (exact) mass is 366 g/mol. The minimum atomic E-state index is 0.513. The Bertz CT molecular complexity index is 661. The summed E-state index contributed by atoms with van der Waals surface area (Å²) in [6, 6.07) is 4.30. The summed E-state index contributed by atoms with van der Waals surface area (Å²) in [5, 5.41) is 15.1. The largest absolute Gasteiger partial charge is 0.356 e. The molecule has 2 heterocycles. The van der Waals surface area contributed by atoms with Crippen molar-refractivity contribution in [2.45, 2.75) is 33.4 Å². The van der Waals surface area contributed by atoms with Crippen LogP contribution in [0, 0.1) is 13.8 Å². The Balaban J connectivity index is 1.95. The smallest absolute Gasteiger partial charge is 0.192 e. The fourth-order valence-electron chi connectivity index (χ4n) is 2.09. The van der Waals surface area contributed by atoms with Crippen molar-refractivity contribution in [2.75, 3.05) is 18.6 Å². The van der Waals surface area contributed by atoms with Crippen LogP contribution in [0.2, 0.25) is 0 Å². The van der Waals surface area contributed by atoms with Crippen molar-refractivity contribution < 1.29 is 0 Å². The number of rotatable bonds is 8. The maximum Gasteiger partial charge on any atom is 0.192 e. The molecule has 0 aliphatic carbocycles. The lowest BCUT2D eigenvalue weighted by molar-refractivity contribution is 0.747. The van der Waals surface area contributed by atoms with Crippen molar-refractivity contribution in [1.82, 2.24) is 25.4 Å². The number of aromatic nitrogens is 3. The van der Waals surface area contributed by atoms with Crippen LogP contribution in [0.5, 0.6) is 0 Å². The van der Waals surface area contributed by atoms with E-state index in [1.54, 1.807) is 11.3 Å². The van der Waals surface area contributed by atoms with Gasteiger partial charge in [-0.05, 0) is 44.4 Å². The summed E-state index contributed by atoms with van der Waals surface area (Å²) in [6.45, 7) is 6.27. The minimum absolute atomic E-state index is 0.513. The Kier molecular flexibility index (Phi) is 7.58. The van der Waals surface area contributed by atoms with Crippen molar-refractivity contribution in [3.63, 3.8) is 0 Å². The topological polar surface area (TPSA) is 67.1 Å². The molecule has 0 spiro atoms. The minimum Gasteiger partial charge on any atom is -0.356 e. The third-order valence-corrected chi connectivity index (χ3v) is 5.30. The fourth-order valence-corrected chi connectivity index (χ4v) is 3.35. The van der Waals surface area contributed by atoms with Gasteiger partial charge < -0.3 is 15.2 Å². The first-order chi connectivity index (χ1) is 11.6. The molecule has 2 N–H and O–H groups in total. The maximum atomic E-state index is 4.66. The maximum absolute atomic E-state index is 4.66. The van der Waals surface area contributed by atoms with Crippen molar-refractivity contribution in [2.24, 2.45) is 12.0 Å². The second kappa shape index (κ2) is 9.68. The molecule has 6 nitrogen and oxygen atoms in total. The zero-order valence-corrected chi connectivity index (χ0v) is 16.4. The van der Waals surface area contributed by atoms with Crippen LogP contribution in [0.15, 0.2) is 17.1 Å². The van der Waals surface area contributed by atoms with E-state index in [1.165, 1.54) is 9.75 Å². The molecule has 0 aromatic carbocycles. The number of aliphatic imine (C=N–C) groups is 1. The number of nitrogens with one attached hydrogen (secondary N) is 2. The second-order valence-corrected chi connectivity index (χ2v) is 7.88. The first-order valence-corrected chi connectivity index (χ1v) is 10.2. The van der Waals surface area contributed by atoms with Crippen LogP contribution >= 0.6 is 23.1 Å². The summed E-state index contributed by atoms with van der Waals surface area (Å²) >= 11 is 3.67. The molecule has 0 saturated heterocycles. The van der Waals surface area contributed by atoms with Gasteiger partial charge in [0.05, 0.1) is 6.54 Å². The predicted octanol–water partition coefficient (Wildman–Crippen LogP) is 2.48. The van der Waals surface area contributed by atoms with E-state index in [4.69, 9.17) is 0 Å². The van der Waals surface area contributed by atoms with Gasteiger partial charge in [-0.1, -0.05) is 0 Å². The Labute approximate surface area is 152 Å². The third kappa shape index (κ3) is 5.83. The predicted molar refractivity (Wildman–Crippen MR) is 104 cm³/mol. The molecule has 0 radical (unpaired) electrons. The van der Waals surface area contributed by atoms with E-state index in [0.29, 0.717) is 6.54 Å². The van der Waals surface area contributed by atoms with Gasteiger partial charge in [-0.15, -0.1) is 21.5 Å². The lowest BCUT2D eigenvalue weighted by Gasteiger charge is -2.12. The van der Waals surface area contributed by atoms with E-state index >= 15 is 0 Å². The van der Waals surface area contributed by atoms with Gasteiger partial charge in [-0.3, -0.25) is 0 Å². The van der Waals surface area contributed by atoms with Crippen LogP contribution in [0.1, 0.15) is 27.8 Å². The molecule has 0 amide bonds. The molecule has 0 aliphatic rings. The van der Waals surface area contributed by atoms with Gasteiger partial charge in [0.1, 0.15) is 12.4 Å². The van der Waals surface area contributed by atoms with Gasteiger partial charge in [-0.25, -0.2) is 4.99 Å². The van der Waals surface area contributed by atoms with E-state index in [1.807, 2.05) is 30.3 Å². The molecule has 0 fully saturated rings. The molecule has 132 valence electrons. The van der Waals surface area contributed by atoms with Crippen molar-refractivity contribution in [3.05, 3.63) is 33.5 Å². The molecular formula is C16H26N6S2. The molecule has 2 aromatic rings. The summed E-state index contributed by atoms with van der Waals surface area (Å²) < 4.78 is 1.97. The summed E-state index contributed by atoms with van der Waals surface area (Å²) in [7, 11) is 1.97. The fraction of sp³-hybridized carbons (Fsp3) is 0.562. The van der Waals surface area contributed by atoms with Crippen LogP contribution in [0.3, 0.4) is 0 Å². The average Bonchev–Trinajstić information content (AvgIpc) is 3.13. The number of hydrogen-bond donors (Lipinski definition) is 2. The van der Waals surface area contributed by atoms with Gasteiger partial charge in [-0.2, -0.15) is 11.8 Å². The summed E-state index contributed by atoms with van der Waals surface area (Å²) in [4.78, 5) is 7.29. The molecule has 0 aliphatic heterocycles. The van der Waals surface area contributed by atoms with E-state index in [0.717, 1.165) is 42.9 Å². The highest BCUT2D eigenvalue weighted by atomic mass is 32.2. The Morgan fingerprint density at radius 1 is 1.29 bits per heavy atom. The lowest BCUT2D eigenvalue weighted by atomic mass is 10.4. The lowest BCUT2D eigenvalue weighted by Crippen LogP contribution is -2.37. The Morgan fingerprint density at radius 2 is 2.12 bits per heavy atom. The first kappa shape index (κ1) is 18.8. The van der Waals surface area contributed by atoms with E-state index < -0.39 is 0 Å². The number of aryl methyl sites for hydroxylation is 2. The van der Waals surface area contributed by atoms with Crippen LogP contribution in [-0.4, -0.2) is 39.3 Å². The summed E-state index contributed by atoms with van der Waals surface area (Å²) in [5.74, 6) is 3.73. The number of thioether (sulfide) groups is 1. The van der Waals surface area contributed by atoms with Gasteiger partial charge in [0, 0.05) is 23.3 Å². The summed E-state index contributed by atoms with van der Waals surface area (Å²) in [5.41, 5.74) is 0. The number of hydrogen-bond acceptors (Lipinski definition) is 5. The molecule has 0 unspecified atom stereocenters. The van der Waals surface area contributed by atoms with Crippen molar-refractivity contribution >= 4 is 29.1 Å². The summed E-state index contributed by atoms with van der Waals surface area (Å²) in [6.07, 6.45) is 3.24. The molecule has 0 bridgehead atoms. The van der Waals surface area contributed by atoms with E-state index in [9.17, 15) is 0 Å². The normalized spacial score (nSPS) is 11.8. The number of guanidine groups is 1. The zero-order chi connectivity index (χ0) is 17.4.